The summed E-state index contributed by atoms with van der Waals surface area (Å²) in [6, 6.07) is 15.7. The molecule has 1 heterocycles. The summed E-state index contributed by atoms with van der Waals surface area (Å²) in [6.45, 7) is 1.68. The fourth-order valence-corrected chi connectivity index (χ4v) is 4.36. The molecular weight excluding hydrogens is 518 g/mol. The monoisotopic (exact) mass is 544 g/mol. The molecule has 0 aliphatic heterocycles. The van der Waals surface area contributed by atoms with E-state index >= 15 is 0 Å². The van der Waals surface area contributed by atoms with Crippen molar-refractivity contribution in [1.29, 1.82) is 0 Å². The zero-order valence-corrected chi connectivity index (χ0v) is 19.9. The third-order valence-corrected chi connectivity index (χ3v) is 6.35. The Morgan fingerprint density at radius 3 is 2.50 bits per heavy atom. The predicted molar refractivity (Wildman–Crippen MR) is 130 cm³/mol. The summed E-state index contributed by atoms with van der Waals surface area (Å²) in [7, 11) is -2.07. The maximum atomic E-state index is 13.7. The number of guanidine groups is 1. The Labute approximate surface area is 193 Å². The molecule has 0 fully saturated rings. The third-order valence-electron chi connectivity index (χ3n) is 4.61. The van der Waals surface area contributed by atoms with E-state index in [0.29, 0.717) is 12.5 Å². The molecule has 1 aromatic heterocycles. The van der Waals surface area contributed by atoms with E-state index in [9.17, 15) is 12.8 Å². The van der Waals surface area contributed by atoms with Gasteiger partial charge in [0, 0.05) is 38.4 Å². The van der Waals surface area contributed by atoms with Crippen molar-refractivity contribution in [2.24, 2.45) is 4.99 Å². The summed E-state index contributed by atoms with van der Waals surface area (Å²) in [6.07, 6.45) is 2.96. The number of hydrogen-bond acceptors (Lipinski definition) is 3. The maximum Gasteiger partial charge on any atom is 0.191 e. The minimum Gasteiger partial charge on any atom is -0.356 e. The highest BCUT2D eigenvalue weighted by atomic mass is 127. The molecule has 0 atom stereocenters. The second kappa shape index (κ2) is 11.3. The molecule has 9 heteroatoms. The summed E-state index contributed by atoms with van der Waals surface area (Å²) in [5, 5.41) is 7.36. The Balaban J connectivity index is 0.00000320. The summed E-state index contributed by atoms with van der Waals surface area (Å²) in [5.74, 6) is -0.428. The molecule has 0 spiro atoms. The zero-order chi connectivity index (χ0) is 20.7. The van der Waals surface area contributed by atoms with Gasteiger partial charge in [0.15, 0.2) is 15.8 Å². The van der Waals surface area contributed by atoms with Gasteiger partial charge in [-0.05, 0) is 36.1 Å². The average molecular weight is 544 g/mol. The molecule has 0 aliphatic carbocycles. The van der Waals surface area contributed by atoms with Crippen LogP contribution in [0.3, 0.4) is 0 Å². The van der Waals surface area contributed by atoms with Gasteiger partial charge in [0.05, 0.1) is 5.75 Å². The van der Waals surface area contributed by atoms with Gasteiger partial charge in [-0.25, -0.2) is 12.8 Å². The number of sulfone groups is 1. The highest BCUT2D eigenvalue weighted by molar-refractivity contribution is 14.0. The molecule has 30 heavy (non-hydrogen) atoms. The van der Waals surface area contributed by atoms with Gasteiger partial charge in [-0.1, -0.05) is 30.3 Å². The molecule has 2 N–H and O–H groups in total. The van der Waals surface area contributed by atoms with Crippen LogP contribution >= 0.6 is 24.0 Å². The van der Waals surface area contributed by atoms with Crippen molar-refractivity contribution in [3.05, 3.63) is 66.6 Å². The Hall–Kier alpha value is -2.14. The van der Waals surface area contributed by atoms with Gasteiger partial charge in [0.25, 0.3) is 0 Å². The van der Waals surface area contributed by atoms with E-state index in [1.165, 1.54) is 29.1 Å². The molecule has 0 bridgehead atoms. The number of fused-ring (bicyclic) bond motifs is 1. The lowest BCUT2D eigenvalue weighted by Crippen LogP contribution is -2.40. The number of aryl methyl sites for hydroxylation is 1. The summed E-state index contributed by atoms with van der Waals surface area (Å²) in [5.41, 5.74) is 1.20. The molecule has 0 amide bonds. The van der Waals surface area contributed by atoms with Crippen LogP contribution in [0.25, 0.3) is 10.9 Å². The molecule has 0 aliphatic rings. The number of nitrogens with zero attached hydrogens (tertiary/aromatic N) is 2. The van der Waals surface area contributed by atoms with E-state index in [4.69, 9.17) is 0 Å². The SMILES string of the molecule is CN=C(NCCCn1ccc2ccccc21)NCCS(=O)(=O)c1ccccc1F.I. The van der Waals surface area contributed by atoms with Crippen molar-refractivity contribution >= 4 is 50.7 Å². The number of benzene rings is 2. The van der Waals surface area contributed by atoms with Crippen LogP contribution in [0.5, 0.6) is 0 Å². The highest BCUT2D eigenvalue weighted by Crippen LogP contribution is 2.15. The first-order valence-electron chi connectivity index (χ1n) is 9.47. The smallest absolute Gasteiger partial charge is 0.191 e. The molecule has 3 aromatic rings. The summed E-state index contributed by atoms with van der Waals surface area (Å²) in [4.78, 5) is 3.83. The van der Waals surface area contributed by atoms with E-state index in [0.717, 1.165) is 19.0 Å². The Morgan fingerprint density at radius 1 is 1.03 bits per heavy atom. The van der Waals surface area contributed by atoms with E-state index in [1.54, 1.807) is 7.05 Å². The number of rotatable bonds is 8. The standard InChI is InChI=1S/C21H25FN4O2S.HI/c1-23-21(25-13-16-29(27,28)20-10-5-3-8-18(20)22)24-12-6-14-26-15-11-17-7-2-4-9-19(17)26;/h2-5,7-11,15H,6,12-14,16H2,1H3,(H2,23,24,25);1H. The van der Waals surface area contributed by atoms with Gasteiger partial charge in [0.1, 0.15) is 10.7 Å². The molecule has 0 unspecified atom stereocenters. The second-order valence-electron chi connectivity index (χ2n) is 6.60. The Morgan fingerprint density at radius 2 is 1.73 bits per heavy atom. The molecular formula is C21H26FIN4O2S. The van der Waals surface area contributed by atoms with E-state index < -0.39 is 15.7 Å². The first-order chi connectivity index (χ1) is 14.0. The number of nitrogens with one attached hydrogen (secondary N) is 2. The van der Waals surface area contributed by atoms with Crippen molar-refractivity contribution in [1.82, 2.24) is 15.2 Å². The largest absolute Gasteiger partial charge is 0.356 e. The van der Waals surface area contributed by atoms with Crippen molar-refractivity contribution in [3.8, 4) is 0 Å². The minimum atomic E-state index is -3.69. The van der Waals surface area contributed by atoms with Gasteiger partial charge >= 0.3 is 0 Å². The number of aliphatic imine (C=N–C) groups is 1. The zero-order valence-electron chi connectivity index (χ0n) is 16.7. The van der Waals surface area contributed by atoms with Crippen LogP contribution in [0.1, 0.15) is 6.42 Å². The van der Waals surface area contributed by atoms with Gasteiger partial charge in [-0.2, -0.15) is 0 Å². The van der Waals surface area contributed by atoms with E-state index in [2.05, 4.69) is 44.6 Å². The lowest BCUT2D eigenvalue weighted by atomic mass is 10.2. The Bertz CT molecular complexity index is 1100. The van der Waals surface area contributed by atoms with Gasteiger partial charge < -0.3 is 15.2 Å². The summed E-state index contributed by atoms with van der Waals surface area (Å²) < 4.78 is 40.5. The first-order valence-corrected chi connectivity index (χ1v) is 11.1. The minimum absolute atomic E-state index is 0. The van der Waals surface area contributed by atoms with Crippen molar-refractivity contribution < 1.29 is 12.8 Å². The number of hydrogen-bond donors (Lipinski definition) is 2. The van der Waals surface area contributed by atoms with Crippen LogP contribution in [0.2, 0.25) is 0 Å². The lowest BCUT2D eigenvalue weighted by Gasteiger charge is -2.13. The van der Waals surface area contributed by atoms with Gasteiger partial charge in [0.2, 0.25) is 0 Å². The van der Waals surface area contributed by atoms with E-state index in [-0.39, 0.29) is 41.2 Å². The molecule has 6 nitrogen and oxygen atoms in total. The van der Waals surface area contributed by atoms with Crippen molar-refractivity contribution in [3.63, 3.8) is 0 Å². The molecule has 2 aromatic carbocycles. The molecule has 0 saturated heterocycles. The number of para-hydroxylation sites is 1. The third kappa shape index (κ3) is 6.18. The van der Waals surface area contributed by atoms with Gasteiger partial charge in [-0.3, -0.25) is 4.99 Å². The molecule has 0 saturated carbocycles. The van der Waals surface area contributed by atoms with Gasteiger partial charge in [-0.15, -0.1) is 24.0 Å². The normalized spacial score (nSPS) is 11.9. The molecule has 162 valence electrons. The first kappa shape index (κ1) is 24.1. The van der Waals surface area contributed by atoms with Crippen LogP contribution in [0, 0.1) is 5.82 Å². The van der Waals surface area contributed by atoms with Crippen molar-refractivity contribution in [2.45, 2.75) is 17.9 Å². The number of aromatic nitrogens is 1. The van der Waals surface area contributed by atoms with Crippen LogP contribution in [-0.2, 0) is 16.4 Å². The fourth-order valence-electron chi connectivity index (χ4n) is 3.12. The Kier molecular flexibility index (Phi) is 9.09. The average Bonchev–Trinajstić information content (AvgIpc) is 3.13. The fraction of sp³-hybridized carbons (Fsp3) is 0.286. The van der Waals surface area contributed by atoms with Crippen LogP contribution in [0.4, 0.5) is 4.39 Å². The number of halogens is 2. The van der Waals surface area contributed by atoms with Crippen LogP contribution < -0.4 is 10.6 Å². The topological polar surface area (TPSA) is 75.5 Å². The molecule has 3 rings (SSSR count). The highest BCUT2D eigenvalue weighted by Gasteiger charge is 2.18. The van der Waals surface area contributed by atoms with Crippen molar-refractivity contribution in [2.75, 3.05) is 25.9 Å². The van der Waals surface area contributed by atoms with Crippen LogP contribution in [-0.4, -0.2) is 44.8 Å². The molecule has 0 radical (unpaired) electrons. The second-order valence-corrected chi connectivity index (χ2v) is 8.67. The van der Waals surface area contributed by atoms with E-state index in [1.807, 2.05) is 12.1 Å². The lowest BCUT2D eigenvalue weighted by molar-refractivity contribution is 0.566. The summed E-state index contributed by atoms with van der Waals surface area (Å²) >= 11 is 0. The predicted octanol–water partition coefficient (Wildman–Crippen LogP) is 3.43. The quantitative estimate of drug-likeness (QED) is 0.197. The van der Waals surface area contributed by atoms with Crippen LogP contribution in [0.15, 0.2) is 70.7 Å². The maximum absolute atomic E-state index is 13.7.